The lowest BCUT2D eigenvalue weighted by atomic mass is 9.79. The van der Waals surface area contributed by atoms with E-state index in [-0.39, 0.29) is 6.10 Å². The highest BCUT2D eigenvalue weighted by molar-refractivity contribution is 5.31. The molecule has 3 rings (SSSR count). The number of aryl methyl sites for hydroxylation is 1. The Morgan fingerprint density at radius 3 is 2.95 bits per heavy atom. The quantitative estimate of drug-likeness (QED) is 0.809. The number of hydrogen-bond acceptors (Lipinski definition) is 2. The highest BCUT2D eigenvalue weighted by atomic mass is 16.3. The number of hydrogen-bond donors (Lipinski definition) is 2. The predicted molar refractivity (Wildman–Crippen MR) is 82.6 cm³/mol. The number of aliphatic hydroxyl groups is 1. The first-order chi connectivity index (χ1) is 9.79. The maximum absolute atomic E-state index is 10.9. The van der Waals surface area contributed by atoms with Crippen molar-refractivity contribution in [3.8, 4) is 0 Å². The summed E-state index contributed by atoms with van der Waals surface area (Å²) in [4.78, 5) is 0. The van der Waals surface area contributed by atoms with Gasteiger partial charge in [-0.15, -0.1) is 0 Å². The van der Waals surface area contributed by atoms with Gasteiger partial charge < -0.3 is 10.4 Å². The van der Waals surface area contributed by atoms with E-state index in [1.807, 2.05) is 0 Å². The van der Waals surface area contributed by atoms with Crippen molar-refractivity contribution in [2.45, 2.75) is 57.6 Å². The highest BCUT2D eigenvalue weighted by Crippen LogP contribution is 2.38. The zero-order valence-corrected chi connectivity index (χ0v) is 12.5. The third-order valence-electron chi connectivity index (χ3n) is 5.40. The van der Waals surface area contributed by atoms with Crippen molar-refractivity contribution in [2.24, 2.45) is 11.8 Å². The highest BCUT2D eigenvalue weighted by Gasteiger charge is 2.34. The van der Waals surface area contributed by atoms with E-state index in [9.17, 15) is 5.11 Å². The monoisotopic (exact) mass is 273 g/mol. The summed E-state index contributed by atoms with van der Waals surface area (Å²) in [6, 6.07) is 8.96. The molecular weight excluding hydrogens is 246 g/mol. The van der Waals surface area contributed by atoms with Crippen molar-refractivity contribution in [2.75, 3.05) is 6.54 Å². The van der Waals surface area contributed by atoms with Crippen LogP contribution in [0.1, 0.15) is 56.3 Å². The fourth-order valence-electron chi connectivity index (χ4n) is 4.12. The maximum atomic E-state index is 10.9. The molecule has 0 bridgehead atoms. The van der Waals surface area contributed by atoms with Gasteiger partial charge in [0.2, 0.25) is 0 Å². The van der Waals surface area contributed by atoms with Gasteiger partial charge in [0.25, 0.3) is 0 Å². The summed E-state index contributed by atoms with van der Waals surface area (Å²) in [6.07, 6.45) is 6.98. The standard InChI is InChI=1S/C18H27NO/c1-2-13-10-11-19-17(12-13)16-9-5-7-14-6-3-4-8-15(14)18(16)20/h3-4,6,8,13,16-20H,2,5,7,9-12H2,1H3. The smallest absolute Gasteiger partial charge is 0.0835 e. The lowest BCUT2D eigenvalue weighted by Gasteiger charge is -2.37. The molecule has 0 spiro atoms. The number of piperidine rings is 1. The summed E-state index contributed by atoms with van der Waals surface area (Å²) < 4.78 is 0. The Hall–Kier alpha value is -0.860. The zero-order valence-electron chi connectivity index (χ0n) is 12.5. The molecule has 2 N–H and O–H groups in total. The summed E-state index contributed by atoms with van der Waals surface area (Å²) in [6.45, 7) is 3.42. The van der Waals surface area contributed by atoms with Crippen LogP contribution in [-0.4, -0.2) is 17.7 Å². The Morgan fingerprint density at radius 1 is 1.25 bits per heavy atom. The topological polar surface area (TPSA) is 32.3 Å². The van der Waals surface area contributed by atoms with Crippen LogP contribution in [-0.2, 0) is 6.42 Å². The van der Waals surface area contributed by atoms with Crippen LogP contribution < -0.4 is 5.32 Å². The van der Waals surface area contributed by atoms with E-state index < -0.39 is 0 Å². The summed E-state index contributed by atoms with van der Waals surface area (Å²) in [7, 11) is 0. The lowest BCUT2D eigenvalue weighted by molar-refractivity contribution is 0.0645. The second-order valence-corrected chi connectivity index (χ2v) is 6.56. The second-order valence-electron chi connectivity index (χ2n) is 6.56. The van der Waals surface area contributed by atoms with Crippen molar-refractivity contribution in [3.63, 3.8) is 0 Å². The van der Waals surface area contributed by atoms with Crippen LogP contribution in [0.3, 0.4) is 0 Å². The van der Waals surface area contributed by atoms with E-state index in [1.165, 1.54) is 36.8 Å². The average molecular weight is 273 g/mol. The molecule has 2 aliphatic rings. The lowest BCUT2D eigenvalue weighted by Crippen LogP contribution is -2.44. The minimum Gasteiger partial charge on any atom is -0.388 e. The number of aliphatic hydroxyl groups excluding tert-OH is 1. The first-order valence-corrected chi connectivity index (χ1v) is 8.29. The molecule has 0 radical (unpaired) electrons. The molecule has 1 saturated heterocycles. The summed E-state index contributed by atoms with van der Waals surface area (Å²) in [5.41, 5.74) is 2.53. The molecule has 1 aliphatic carbocycles. The predicted octanol–water partition coefficient (Wildman–Crippen LogP) is 3.45. The Balaban J connectivity index is 1.80. The minimum atomic E-state index is -0.290. The van der Waals surface area contributed by atoms with Crippen LogP contribution >= 0.6 is 0 Å². The molecule has 4 atom stereocenters. The van der Waals surface area contributed by atoms with Gasteiger partial charge in [-0.1, -0.05) is 37.6 Å². The van der Waals surface area contributed by atoms with Crippen molar-refractivity contribution in [1.82, 2.24) is 5.32 Å². The maximum Gasteiger partial charge on any atom is 0.0835 e. The van der Waals surface area contributed by atoms with Gasteiger partial charge in [0.05, 0.1) is 6.10 Å². The first-order valence-electron chi connectivity index (χ1n) is 8.29. The molecule has 110 valence electrons. The molecule has 1 aromatic carbocycles. The van der Waals surface area contributed by atoms with Crippen LogP contribution in [0.15, 0.2) is 24.3 Å². The van der Waals surface area contributed by atoms with Gasteiger partial charge in [-0.2, -0.15) is 0 Å². The largest absolute Gasteiger partial charge is 0.388 e. The van der Waals surface area contributed by atoms with Crippen LogP contribution in [0.2, 0.25) is 0 Å². The van der Waals surface area contributed by atoms with Gasteiger partial charge >= 0.3 is 0 Å². The summed E-state index contributed by atoms with van der Waals surface area (Å²) >= 11 is 0. The Labute approximate surface area is 122 Å². The number of nitrogens with one attached hydrogen (secondary N) is 1. The van der Waals surface area contributed by atoms with Gasteiger partial charge in [-0.05, 0) is 55.7 Å². The number of fused-ring (bicyclic) bond motifs is 1. The molecule has 0 saturated carbocycles. The third-order valence-corrected chi connectivity index (χ3v) is 5.40. The van der Waals surface area contributed by atoms with E-state index in [0.717, 1.165) is 25.3 Å². The van der Waals surface area contributed by atoms with E-state index >= 15 is 0 Å². The normalized spacial score (nSPS) is 34.3. The van der Waals surface area contributed by atoms with Gasteiger partial charge in [0, 0.05) is 12.0 Å². The van der Waals surface area contributed by atoms with E-state index in [4.69, 9.17) is 0 Å². The molecule has 1 fully saturated rings. The third kappa shape index (κ3) is 2.77. The van der Waals surface area contributed by atoms with Crippen molar-refractivity contribution >= 4 is 0 Å². The fraction of sp³-hybridized carbons (Fsp3) is 0.667. The Kier molecular flexibility index (Phi) is 4.42. The zero-order chi connectivity index (χ0) is 13.9. The Morgan fingerprint density at radius 2 is 2.10 bits per heavy atom. The second kappa shape index (κ2) is 6.28. The molecule has 1 aliphatic heterocycles. The van der Waals surface area contributed by atoms with E-state index in [2.05, 4.69) is 36.5 Å². The number of rotatable bonds is 2. The van der Waals surface area contributed by atoms with Gasteiger partial charge in [0.15, 0.2) is 0 Å². The summed E-state index contributed by atoms with van der Waals surface area (Å²) in [5, 5.41) is 14.6. The van der Waals surface area contributed by atoms with Crippen LogP contribution in [0.5, 0.6) is 0 Å². The van der Waals surface area contributed by atoms with Crippen molar-refractivity contribution in [3.05, 3.63) is 35.4 Å². The van der Waals surface area contributed by atoms with Gasteiger partial charge in [-0.25, -0.2) is 0 Å². The molecule has 1 aromatic rings. The van der Waals surface area contributed by atoms with E-state index in [1.54, 1.807) is 0 Å². The Bertz CT molecular complexity index is 445. The van der Waals surface area contributed by atoms with Crippen LogP contribution in [0, 0.1) is 11.8 Å². The van der Waals surface area contributed by atoms with Crippen molar-refractivity contribution < 1.29 is 5.11 Å². The van der Waals surface area contributed by atoms with E-state index in [0.29, 0.717) is 12.0 Å². The first kappa shape index (κ1) is 14.1. The average Bonchev–Trinajstić information content (AvgIpc) is 2.67. The SMILES string of the molecule is CCC1CCNC(C2CCCc3ccccc3C2O)C1. The molecule has 1 heterocycles. The van der Waals surface area contributed by atoms with Crippen LogP contribution in [0.25, 0.3) is 0 Å². The molecular formula is C18H27NO. The molecule has 0 amide bonds. The summed E-state index contributed by atoms with van der Waals surface area (Å²) in [5.74, 6) is 1.22. The van der Waals surface area contributed by atoms with Gasteiger partial charge in [0.1, 0.15) is 0 Å². The molecule has 20 heavy (non-hydrogen) atoms. The molecule has 2 heteroatoms. The minimum absolute atomic E-state index is 0.290. The van der Waals surface area contributed by atoms with Crippen molar-refractivity contribution in [1.29, 1.82) is 0 Å². The fourth-order valence-corrected chi connectivity index (χ4v) is 4.12. The molecule has 4 unspecified atom stereocenters. The molecule has 2 nitrogen and oxygen atoms in total. The number of benzene rings is 1. The van der Waals surface area contributed by atoms with Gasteiger partial charge in [-0.3, -0.25) is 0 Å². The molecule has 0 aromatic heterocycles. The van der Waals surface area contributed by atoms with Crippen LogP contribution in [0.4, 0.5) is 0 Å².